The summed E-state index contributed by atoms with van der Waals surface area (Å²) in [5, 5.41) is 0. The van der Waals surface area contributed by atoms with E-state index in [1.54, 1.807) is 18.0 Å². The van der Waals surface area contributed by atoms with E-state index in [4.69, 9.17) is 10.5 Å². The second kappa shape index (κ2) is 5.78. The van der Waals surface area contributed by atoms with Crippen molar-refractivity contribution < 1.29 is 4.74 Å². The molecule has 1 aromatic heterocycles. The van der Waals surface area contributed by atoms with Gasteiger partial charge in [0.05, 0.1) is 5.69 Å². The molecule has 3 nitrogen and oxygen atoms in total. The van der Waals surface area contributed by atoms with E-state index in [1.807, 2.05) is 37.4 Å². The van der Waals surface area contributed by atoms with E-state index < -0.39 is 0 Å². The van der Waals surface area contributed by atoms with Crippen LogP contribution in [0.3, 0.4) is 0 Å². The minimum Gasteiger partial charge on any atom is -0.487 e. The van der Waals surface area contributed by atoms with Crippen LogP contribution >= 0.6 is 11.8 Å². The summed E-state index contributed by atoms with van der Waals surface area (Å²) in [4.78, 5) is 5.34. The summed E-state index contributed by atoms with van der Waals surface area (Å²) in [6.07, 6.45) is 3.79. The smallest absolute Gasteiger partial charge is 0.141 e. The lowest BCUT2D eigenvalue weighted by Gasteiger charge is -2.12. The Labute approximate surface area is 111 Å². The SMILES string of the molecule is CSc1cccc(N)c1COc1cccnc1C. The molecule has 18 heavy (non-hydrogen) atoms. The number of hydrogen-bond acceptors (Lipinski definition) is 4. The zero-order valence-corrected chi connectivity index (χ0v) is 11.3. The maximum Gasteiger partial charge on any atom is 0.141 e. The van der Waals surface area contributed by atoms with Gasteiger partial charge in [-0.05, 0) is 37.4 Å². The fourth-order valence-corrected chi connectivity index (χ4v) is 2.34. The van der Waals surface area contributed by atoms with Crippen LogP contribution in [0.25, 0.3) is 0 Å². The third-order valence-electron chi connectivity index (χ3n) is 2.72. The van der Waals surface area contributed by atoms with Gasteiger partial charge in [-0.3, -0.25) is 4.98 Å². The highest BCUT2D eigenvalue weighted by Crippen LogP contribution is 2.27. The van der Waals surface area contributed by atoms with Crippen LogP contribution in [-0.4, -0.2) is 11.2 Å². The molecule has 94 valence electrons. The highest BCUT2D eigenvalue weighted by molar-refractivity contribution is 7.98. The van der Waals surface area contributed by atoms with Crippen LogP contribution in [0.1, 0.15) is 11.3 Å². The molecule has 0 aliphatic heterocycles. The molecule has 0 radical (unpaired) electrons. The van der Waals surface area contributed by atoms with Gasteiger partial charge < -0.3 is 10.5 Å². The number of rotatable bonds is 4. The molecule has 0 aliphatic carbocycles. The van der Waals surface area contributed by atoms with Gasteiger partial charge in [0.15, 0.2) is 0 Å². The van der Waals surface area contributed by atoms with E-state index >= 15 is 0 Å². The monoisotopic (exact) mass is 260 g/mol. The first-order chi connectivity index (χ1) is 8.72. The zero-order valence-electron chi connectivity index (χ0n) is 10.5. The summed E-state index contributed by atoms with van der Waals surface area (Å²) in [6.45, 7) is 2.40. The molecule has 2 N–H and O–H groups in total. The van der Waals surface area contributed by atoms with Gasteiger partial charge in [0, 0.05) is 22.3 Å². The van der Waals surface area contributed by atoms with Crippen molar-refractivity contribution in [2.24, 2.45) is 0 Å². The van der Waals surface area contributed by atoms with Gasteiger partial charge in [0.2, 0.25) is 0 Å². The van der Waals surface area contributed by atoms with Gasteiger partial charge in [-0.2, -0.15) is 0 Å². The molecule has 0 aliphatic rings. The Morgan fingerprint density at radius 1 is 1.28 bits per heavy atom. The topological polar surface area (TPSA) is 48.1 Å². The minimum absolute atomic E-state index is 0.468. The van der Waals surface area contributed by atoms with E-state index in [0.717, 1.165) is 27.6 Å². The minimum atomic E-state index is 0.468. The van der Waals surface area contributed by atoms with Crippen LogP contribution in [0, 0.1) is 6.92 Å². The molecule has 0 unspecified atom stereocenters. The number of pyridine rings is 1. The molecule has 1 aromatic carbocycles. The molecule has 0 saturated carbocycles. The molecule has 0 fully saturated rings. The first-order valence-electron chi connectivity index (χ1n) is 5.68. The lowest BCUT2D eigenvalue weighted by atomic mass is 10.2. The Kier molecular flexibility index (Phi) is 4.10. The van der Waals surface area contributed by atoms with E-state index in [2.05, 4.69) is 11.1 Å². The fourth-order valence-electron chi connectivity index (χ4n) is 1.70. The Balaban J connectivity index is 2.18. The van der Waals surface area contributed by atoms with Crippen LogP contribution in [0.2, 0.25) is 0 Å². The van der Waals surface area contributed by atoms with Crippen LogP contribution < -0.4 is 10.5 Å². The molecule has 2 rings (SSSR count). The summed E-state index contributed by atoms with van der Waals surface area (Å²) in [5.74, 6) is 0.799. The highest BCUT2D eigenvalue weighted by Gasteiger charge is 2.07. The van der Waals surface area contributed by atoms with Crippen LogP contribution in [-0.2, 0) is 6.61 Å². The number of hydrogen-bond donors (Lipinski definition) is 1. The van der Waals surface area contributed by atoms with Crippen molar-refractivity contribution in [1.82, 2.24) is 4.98 Å². The van der Waals surface area contributed by atoms with Gasteiger partial charge in [0.1, 0.15) is 12.4 Å². The lowest BCUT2D eigenvalue weighted by molar-refractivity contribution is 0.300. The van der Waals surface area contributed by atoms with Crippen molar-refractivity contribution in [3.63, 3.8) is 0 Å². The van der Waals surface area contributed by atoms with Gasteiger partial charge in [-0.25, -0.2) is 0 Å². The number of nitrogens with two attached hydrogens (primary N) is 1. The number of nitrogen functional groups attached to an aromatic ring is 1. The Hall–Kier alpha value is -1.68. The standard InChI is InChI=1S/C14H16N2OS/c1-10-13(6-4-8-16-10)17-9-11-12(15)5-3-7-14(11)18-2/h3-8H,9,15H2,1-2H3. The summed E-state index contributed by atoms with van der Waals surface area (Å²) in [6, 6.07) is 9.69. The first-order valence-corrected chi connectivity index (χ1v) is 6.90. The van der Waals surface area contributed by atoms with Crippen molar-refractivity contribution in [2.75, 3.05) is 12.0 Å². The Morgan fingerprint density at radius 2 is 2.11 bits per heavy atom. The summed E-state index contributed by atoms with van der Waals surface area (Å²) in [7, 11) is 0. The molecule has 1 heterocycles. The molecule has 0 atom stereocenters. The van der Waals surface area contributed by atoms with Gasteiger partial charge in [-0.15, -0.1) is 11.8 Å². The van der Waals surface area contributed by atoms with E-state index in [9.17, 15) is 0 Å². The Bertz CT molecular complexity index is 543. The van der Waals surface area contributed by atoms with Crippen LogP contribution in [0.5, 0.6) is 5.75 Å². The molecule has 2 aromatic rings. The highest BCUT2D eigenvalue weighted by atomic mass is 32.2. The van der Waals surface area contributed by atoms with Gasteiger partial charge in [0.25, 0.3) is 0 Å². The molecular formula is C14H16N2OS. The third-order valence-corrected chi connectivity index (χ3v) is 3.54. The van der Waals surface area contributed by atoms with Crippen molar-refractivity contribution in [3.05, 3.63) is 47.8 Å². The first kappa shape index (κ1) is 12.8. The van der Waals surface area contributed by atoms with Crippen LogP contribution in [0.4, 0.5) is 5.69 Å². The zero-order chi connectivity index (χ0) is 13.0. The molecule has 4 heteroatoms. The predicted molar refractivity (Wildman–Crippen MR) is 75.9 cm³/mol. The third kappa shape index (κ3) is 2.76. The molecule has 0 spiro atoms. The van der Waals surface area contributed by atoms with Crippen molar-refractivity contribution >= 4 is 17.4 Å². The van der Waals surface area contributed by atoms with Gasteiger partial charge in [-0.1, -0.05) is 6.07 Å². The average Bonchev–Trinajstić information content (AvgIpc) is 2.39. The van der Waals surface area contributed by atoms with Crippen molar-refractivity contribution in [2.45, 2.75) is 18.4 Å². The van der Waals surface area contributed by atoms with Crippen LogP contribution in [0.15, 0.2) is 41.4 Å². The quantitative estimate of drug-likeness (QED) is 0.677. The summed E-state index contributed by atoms with van der Waals surface area (Å²) in [5.41, 5.74) is 8.68. The van der Waals surface area contributed by atoms with E-state index in [1.165, 1.54) is 0 Å². The molecule has 0 saturated heterocycles. The second-order valence-electron chi connectivity index (χ2n) is 3.90. The number of ether oxygens (including phenoxy) is 1. The normalized spacial score (nSPS) is 10.3. The molecule has 0 bridgehead atoms. The largest absolute Gasteiger partial charge is 0.487 e. The molecular weight excluding hydrogens is 244 g/mol. The van der Waals surface area contributed by atoms with Crippen molar-refractivity contribution in [3.8, 4) is 5.75 Å². The van der Waals surface area contributed by atoms with E-state index in [0.29, 0.717) is 6.61 Å². The number of aryl methyl sites for hydroxylation is 1. The lowest BCUT2D eigenvalue weighted by Crippen LogP contribution is -2.03. The summed E-state index contributed by atoms with van der Waals surface area (Å²) < 4.78 is 5.79. The van der Waals surface area contributed by atoms with E-state index in [-0.39, 0.29) is 0 Å². The number of nitrogens with zero attached hydrogens (tertiary/aromatic N) is 1. The number of anilines is 1. The maximum atomic E-state index is 5.99. The number of aromatic nitrogens is 1. The number of thioether (sulfide) groups is 1. The second-order valence-corrected chi connectivity index (χ2v) is 4.75. The van der Waals surface area contributed by atoms with Gasteiger partial charge >= 0.3 is 0 Å². The fraction of sp³-hybridized carbons (Fsp3) is 0.214. The Morgan fingerprint density at radius 3 is 2.83 bits per heavy atom. The average molecular weight is 260 g/mol. The van der Waals surface area contributed by atoms with Crippen molar-refractivity contribution in [1.29, 1.82) is 0 Å². The predicted octanol–water partition coefficient (Wildman–Crippen LogP) is 3.27. The maximum absolute atomic E-state index is 5.99. The summed E-state index contributed by atoms with van der Waals surface area (Å²) >= 11 is 1.67. The molecule has 0 amide bonds. The number of benzene rings is 1.